The molecule has 0 radical (unpaired) electrons. The predicted octanol–water partition coefficient (Wildman–Crippen LogP) is 13.9. The highest BCUT2D eigenvalue weighted by molar-refractivity contribution is 6.25. The van der Waals surface area contributed by atoms with Gasteiger partial charge >= 0.3 is 11.9 Å². The molecule has 0 atom stereocenters. The molecule has 0 aromatic heterocycles. The van der Waals surface area contributed by atoms with Gasteiger partial charge in [0, 0.05) is 11.1 Å². The molecular weight excluding hydrogens is 689 g/mol. The van der Waals surface area contributed by atoms with E-state index in [1.807, 2.05) is 24.3 Å². The quantitative estimate of drug-likeness (QED) is 0.0429. The normalized spacial score (nSPS) is 11.7. The van der Waals surface area contributed by atoms with Gasteiger partial charge in [0.1, 0.15) is 0 Å². The number of hydrogen-bond acceptors (Lipinski definition) is 4. The van der Waals surface area contributed by atoms with Crippen LogP contribution in [0.15, 0.2) is 97.1 Å². The zero-order valence-electron chi connectivity index (χ0n) is 32.8. The van der Waals surface area contributed by atoms with Gasteiger partial charge in [-0.1, -0.05) is 138 Å². The maximum absolute atomic E-state index is 13.0. The molecule has 0 amide bonds. The molecule has 4 heteroatoms. The SMILES string of the molecule is CCCCCCCCOC(=O)c1cc2ccc3cc(C#Cc4cc5ccc6cc(C(=O)OCCCCCCCC)cc7ccc(c4)c5c67)cc4ccc(c1)c2c34. The van der Waals surface area contributed by atoms with Crippen molar-refractivity contribution >= 4 is 76.6 Å². The summed E-state index contributed by atoms with van der Waals surface area (Å²) in [5.41, 5.74) is 3.11. The number of esters is 2. The van der Waals surface area contributed by atoms with Gasteiger partial charge in [0.25, 0.3) is 0 Å². The van der Waals surface area contributed by atoms with Crippen molar-refractivity contribution in [2.24, 2.45) is 0 Å². The van der Waals surface area contributed by atoms with E-state index in [2.05, 4.69) is 98.5 Å². The first-order chi connectivity index (χ1) is 27.5. The van der Waals surface area contributed by atoms with Crippen LogP contribution in [0.3, 0.4) is 0 Å². The second kappa shape index (κ2) is 17.0. The van der Waals surface area contributed by atoms with E-state index in [1.165, 1.54) is 62.1 Å². The topological polar surface area (TPSA) is 52.6 Å². The average molecular weight is 739 g/mol. The molecule has 0 aliphatic carbocycles. The first-order valence-corrected chi connectivity index (χ1v) is 20.8. The minimum absolute atomic E-state index is 0.251. The number of ether oxygens (including phenoxy) is 2. The van der Waals surface area contributed by atoms with E-state index in [4.69, 9.17) is 9.47 Å². The molecule has 56 heavy (non-hydrogen) atoms. The maximum atomic E-state index is 13.0. The molecule has 4 nitrogen and oxygen atoms in total. The van der Waals surface area contributed by atoms with Crippen LogP contribution < -0.4 is 0 Å². The van der Waals surface area contributed by atoms with E-state index in [-0.39, 0.29) is 11.9 Å². The van der Waals surface area contributed by atoms with E-state index >= 15 is 0 Å². The highest BCUT2D eigenvalue weighted by Gasteiger charge is 2.16. The van der Waals surface area contributed by atoms with Crippen molar-refractivity contribution in [1.29, 1.82) is 0 Å². The van der Waals surface area contributed by atoms with Crippen molar-refractivity contribution in [1.82, 2.24) is 0 Å². The van der Waals surface area contributed by atoms with Crippen molar-refractivity contribution < 1.29 is 19.1 Å². The molecule has 8 aromatic carbocycles. The molecule has 8 aromatic rings. The van der Waals surface area contributed by atoms with Gasteiger partial charge in [-0.05, 0) is 126 Å². The first kappa shape index (κ1) is 37.3. The molecule has 0 saturated heterocycles. The lowest BCUT2D eigenvalue weighted by Gasteiger charge is -2.13. The molecule has 0 unspecified atom stereocenters. The van der Waals surface area contributed by atoms with Crippen LogP contribution in [0.2, 0.25) is 0 Å². The molecular formula is C52H50O4. The molecule has 0 bridgehead atoms. The van der Waals surface area contributed by atoms with E-state index in [0.29, 0.717) is 24.3 Å². The van der Waals surface area contributed by atoms with Gasteiger partial charge in [-0.15, -0.1) is 0 Å². The monoisotopic (exact) mass is 738 g/mol. The molecule has 8 rings (SSSR count). The Morgan fingerprint density at radius 2 is 0.661 bits per heavy atom. The van der Waals surface area contributed by atoms with Crippen molar-refractivity contribution in [3.05, 3.63) is 119 Å². The number of benzene rings is 8. The standard InChI is InChI=1S/C52H50O4/c1-3-5-7-9-11-13-25-55-51(53)45-31-41-21-17-37-27-35(28-38-18-22-42(32-45)49(41)47(37)38)15-16-36-29-39-19-23-43-33-46(52(54)56-26-14-12-10-8-6-4-2)34-44-24-20-40(30-36)48(39)50(43)44/h17-24,27-34H,3-14,25-26H2,1-2H3. The lowest BCUT2D eigenvalue weighted by molar-refractivity contribution is 0.0489. The second-order valence-corrected chi connectivity index (χ2v) is 15.5. The highest BCUT2D eigenvalue weighted by atomic mass is 16.5. The summed E-state index contributed by atoms with van der Waals surface area (Å²) in [6, 6.07) is 33.5. The summed E-state index contributed by atoms with van der Waals surface area (Å²) in [7, 11) is 0. The lowest BCUT2D eigenvalue weighted by Crippen LogP contribution is -2.06. The number of carbonyl (C=O) groups is 2. The molecule has 0 N–H and O–H groups in total. The van der Waals surface area contributed by atoms with Crippen LogP contribution in [-0.2, 0) is 9.47 Å². The Morgan fingerprint density at radius 1 is 0.393 bits per heavy atom. The average Bonchev–Trinajstić information content (AvgIpc) is 3.22. The fourth-order valence-corrected chi connectivity index (χ4v) is 8.46. The summed E-state index contributed by atoms with van der Waals surface area (Å²) in [5, 5.41) is 13.4. The van der Waals surface area contributed by atoms with E-state index in [9.17, 15) is 9.59 Å². The molecule has 282 valence electrons. The van der Waals surface area contributed by atoms with Gasteiger partial charge in [-0.3, -0.25) is 0 Å². The summed E-state index contributed by atoms with van der Waals surface area (Å²) in [4.78, 5) is 26.0. The molecule has 0 saturated carbocycles. The van der Waals surface area contributed by atoms with Gasteiger partial charge in [0.05, 0.1) is 24.3 Å². The van der Waals surface area contributed by atoms with Gasteiger partial charge in [-0.2, -0.15) is 0 Å². The van der Waals surface area contributed by atoms with Crippen LogP contribution >= 0.6 is 0 Å². The Bertz CT molecular complexity index is 2410. The highest BCUT2D eigenvalue weighted by Crippen LogP contribution is 2.38. The number of hydrogen-bond donors (Lipinski definition) is 0. The van der Waals surface area contributed by atoms with Crippen molar-refractivity contribution in [2.45, 2.75) is 90.9 Å². The van der Waals surface area contributed by atoms with Gasteiger partial charge in [0.15, 0.2) is 0 Å². The zero-order valence-corrected chi connectivity index (χ0v) is 32.8. The minimum Gasteiger partial charge on any atom is -0.462 e. The second-order valence-electron chi connectivity index (χ2n) is 15.5. The third-order valence-electron chi connectivity index (χ3n) is 11.4. The first-order valence-electron chi connectivity index (χ1n) is 20.8. The molecule has 0 fully saturated rings. The van der Waals surface area contributed by atoms with Gasteiger partial charge < -0.3 is 9.47 Å². The Labute approximate surface area is 329 Å². The third-order valence-corrected chi connectivity index (χ3v) is 11.4. The van der Waals surface area contributed by atoms with Crippen molar-refractivity contribution in [3.8, 4) is 11.8 Å². The Kier molecular flexibility index (Phi) is 11.3. The fraction of sp³-hybridized carbons (Fsp3) is 0.308. The Morgan fingerprint density at radius 3 is 0.964 bits per heavy atom. The number of carbonyl (C=O) groups excluding carboxylic acids is 2. The fourth-order valence-electron chi connectivity index (χ4n) is 8.46. The summed E-state index contributed by atoms with van der Waals surface area (Å²) in [6.07, 6.45) is 13.9. The molecule has 0 spiro atoms. The summed E-state index contributed by atoms with van der Waals surface area (Å²) < 4.78 is 11.3. The van der Waals surface area contributed by atoms with Crippen LogP contribution in [0.25, 0.3) is 64.6 Å². The molecule has 0 heterocycles. The van der Waals surface area contributed by atoms with E-state index in [0.717, 1.165) is 90.7 Å². The molecule has 0 aliphatic rings. The van der Waals surface area contributed by atoms with Crippen LogP contribution in [0, 0.1) is 11.8 Å². The summed E-state index contributed by atoms with van der Waals surface area (Å²) in [6.45, 7) is 5.37. The predicted molar refractivity (Wildman–Crippen MR) is 234 cm³/mol. The largest absolute Gasteiger partial charge is 0.462 e. The Hall–Kier alpha value is -5.66. The van der Waals surface area contributed by atoms with Crippen LogP contribution in [0.1, 0.15) is 123 Å². The summed E-state index contributed by atoms with van der Waals surface area (Å²) in [5.74, 6) is 6.42. The zero-order chi connectivity index (χ0) is 38.4. The molecule has 0 aliphatic heterocycles. The summed E-state index contributed by atoms with van der Waals surface area (Å²) >= 11 is 0. The van der Waals surface area contributed by atoms with E-state index in [1.54, 1.807) is 0 Å². The number of unbranched alkanes of at least 4 members (excludes halogenated alkanes) is 10. The third kappa shape index (κ3) is 7.87. The van der Waals surface area contributed by atoms with Crippen LogP contribution in [0.4, 0.5) is 0 Å². The van der Waals surface area contributed by atoms with Gasteiger partial charge in [-0.25, -0.2) is 9.59 Å². The maximum Gasteiger partial charge on any atom is 0.338 e. The van der Waals surface area contributed by atoms with Crippen molar-refractivity contribution in [2.75, 3.05) is 13.2 Å². The minimum atomic E-state index is -0.251. The van der Waals surface area contributed by atoms with Crippen LogP contribution in [0.5, 0.6) is 0 Å². The van der Waals surface area contributed by atoms with Crippen LogP contribution in [-0.4, -0.2) is 25.2 Å². The number of rotatable bonds is 16. The van der Waals surface area contributed by atoms with Gasteiger partial charge in [0.2, 0.25) is 0 Å². The van der Waals surface area contributed by atoms with Crippen molar-refractivity contribution in [3.63, 3.8) is 0 Å². The Balaban J connectivity index is 0.998. The lowest BCUT2D eigenvalue weighted by atomic mass is 9.91. The van der Waals surface area contributed by atoms with E-state index < -0.39 is 0 Å². The smallest absolute Gasteiger partial charge is 0.338 e.